The molecule has 0 aliphatic carbocycles. The molecule has 24 heavy (non-hydrogen) atoms. The van der Waals surface area contributed by atoms with Gasteiger partial charge in [0.05, 0.1) is 12.9 Å². The lowest BCUT2D eigenvalue weighted by Gasteiger charge is -2.16. The zero-order valence-electron chi connectivity index (χ0n) is 11.8. The summed E-state index contributed by atoms with van der Waals surface area (Å²) in [6.07, 6.45) is -4.94. The number of aliphatic hydroxyl groups is 1. The number of aromatic nitrogens is 4. The third-order valence-electron chi connectivity index (χ3n) is 3.42. The Morgan fingerprint density at radius 1 is 1.58 bits per heavy atom. The maximum atomic E-state index is 14.2. The van der Waals surface area contributed by atoms with Crippen LogP contribution in [0.3, 0.4) is 0 Å². The van der Waals surface area contributed by atoms with E-state index in [9.17, 15) is 14.3 Å². The summed E-state index contributed by atoms with van der Waals surface area (Å²) in [5.74, 6) is -0.181. The van der Waals surface area contributed by atoms with E-state index >= 15 is 0 Å². The molecule has 3 heterocycles. The van der Waals surface area contributed by atoms with E-state index in [1.807, 2.05) is 0 Å². The number of fused-ring (bicyclic) bond motifs is 1. The van der Waals surface area contributed by atoms with E-state index in [-0.39, 0.29) is 17.1 Å². The number of nitrogen functional groups attached to an aromatic ring is 1. The number of rotatable bonds is 4. The Labute approximate surface area is 138 Å². The minimum atomic E-state index is -3.98. The number of aromatic amines is 1. The van der Waals surface area contributed by atoms with Crippen LogP contribution in [0.25, 0.3) is 11.2 Å². The molecular weight excluding hydrogens is 368 g/mol. The predicted octanol–water partition coefficient (Wildman–Crippen LogP) is -1.48. The number of anilines is 1. The second-order valence-electron chi connectivity index (χ2n) is 5.06. The van der Waals surface area contributed by atoms with Crippen LogP contribution >= 0.6 is 6.72 Å². The monoisotopic (exact) mass is 381 g/mol. The Hall–Kier alpha value is -1.47. The van der Waals surface area contributed by atoms with Crippen molar-refractivity contribution < 1.29 is 28.5 Å². The highest BCUT2D eigenvalue weighted by Crippen LogP contribution is 2.39. The molecule has 6 N–H and O–H groups in total. The molecule has 3 rings (SSSR count). The van der Waals surface area contributed by atoms with Gasteiger partial charge >= 0.3 is 6.72 Å². The highest BCUT2D eigenvalue weighted by Gasteiger charge is 2.46. The van der Waals surface area contributed by atoms with E-state index in [1.54, 1.807) is 0 Å². The zero-order chi connectivity index (χ0) is 17.6. The largest absolute Gasteiger partial charge is 0.385 e. The third-order valence-corrected chi connectivity index (χ3v) is 4.22. The second-order valence-corrected chi connectivity index (χ2v) is 7.73. The normalized spacial score (nSPS) is 27.8. The van der Waals surface area contributed by atoms with Gasteiger partial charge in [0.25, 0.3) is 5.56 Å². The van der Waals surface area contributed by atoms with Gasteiger partial charge in [0.15, 0.2) is 23.6 Å². The van der Waals surface area contributed by atoms with Gasteiger partial charge in [-0.2, -0.15) is 4.98 Å². The summed E-state index contributed by atoms with van der Waals surface area (Å²) >= 11 is 4.27. The van der Waals surface area contributed by atoms with E-state index in [0.717, 1.165) is 10.9 Å². The van der Waals surface area contributed by atoms with E-state index in [2.05, 4.69) is 31.3 Å². The molecule has 0 spiro atoms. The summed E-state index contributed by atoms with van der Waals surface area (Å²) in [5.41, 5.74) is 4.82. The van der Waals surface area contributed by atoms with Crippen LogP contribution in [0.1, 0.15) is 6.23 Å². The highest BCUT2D eigenvalue weighted by atomic mass is 32.5. The number of H-pyrrole nitrogens is 1. The van der Waals surface area contributed by atoms with E-state index < -0.39 is 43.5 Å². The van der Waals surface area contributed by atoms with Crippen molar-refractivity contribution in [3.05, 3.63) is 16.7 Å². The fourth-order valence-corrected chi connectivity index (χ4v) is 2.90. The molecule has 1 aliphatic rings. The van der Waals surface area contributed by atoms with Crippen molar-refractivity contribution in [2.45, 2.75) is 24.6 Å². The smallest absolute Gasteiger partial charge is 0.321 e. The fraction of sp³-hybridized carbons (Fsp3) is 0.500. The molecule has 0 amide bonds. The van der Waals surface area contributed by atoms with Gasteiger partial charge in [0, 0.05) is 0 Å². The van der Waals surface area contributed by atoms with Crippen LogP contribution in [0.2, 0.25) is 0 Å². The van der Waals surface area contributed by atoms with E-state index in [1.165, 1.54) is 0 Å². The van der Waals surface area contributed by atoms with Crippen molar-refractivity contribution >= 4 is 35.6 Å². The minimum Gasteiger partial charge on any atom is -0.385 e. The first-order chi connectivity index (χ1) is 11.2. The number of imidazole rings is 1. The van der Waals surface area contributed by atoms with Gasteiger partial charge in [-0.05, 0) is 11.8 Å². The van der Waals surface area contributed by atoms with Gasteiger partial charge in [0.1, 0.15) is 12.2 Å². The van der Waals surface area contributed by atoms with Gasteiger partial charge < -0.3 is 29.9 Å². The zero-order valence-corrected chi connectivity index (χ0v) is 13.5. The highest BCUT2D eigenvalue weighted by molar-refractivity contribution is 8.06. The average Bonchev–Trinajstić information content (AvgIpc) is 3.00. The predicted molar refractivity (Wildman–Crippen MR) is 82.0 cm³/mol. The number of nitrogens with two attached hydrogens (primary N) is 1. The molecule has 14 heteroatoms. The van der Waals surface area contributed by atoms with Crippen LogP contribution < -0.4 is 11.3 Å². The van der Waals surface area contributed by atoms with Crippen molar-refractivity contribution in [1.82, 2.24) is 19.5 Å². The molecule has 11 nitrogen and oxygen atoms in total. The number of aliphatic hydroxyl groups excluding tert-OH is 1. The first-order valence-corrected chi connectivity index (χ1v) is 9.20. The van der Waals surface area contributed by atoms with Crippen molar-refractivity contribution in [3.8, 4) is 0 Å². The van der Waals surface area contributed by atoms with E-state index in [0.29, 0.717) is 0 Å². The second kappa shape index (κ2) is 6.11. The van der Waals surface area contributed by atoms with Gasteiger partial charge in [0.2, 0.25) is 5.95 Å². The Kier molecular flexibility index (Phi) is 4.42. The van der Waals surface area contributed by atoms with Crippen LogP contribution in [-0.2, 0) is 21.1 Å². The number of nitrogens with one attached hydrogen (secondary N) is 1. The summed E-state index contributed by atoms with van der Waals surface area (Å²) in [6.45, 7) is -4.55. The fourth-order valence-electron chi connectivity index (χ4n) is 2.37. The maximum Gasteiger partial charge on any atom is 0.321 e. The quantitative estimate of drug-likeness (QED) is 0.394. The Balaban J connectivity index is 1.90. The number of halogens is 1. The lowest BCUT2D eigenvalue weighted by Crippen LogP contribution is -2.30. The summed E-state index contributed by atoms with van der Waals surface area (Å²) in [5, 5.41) is 10.0. The summed E-state index contributed by atoms with van der Waals surface area (Å²) < 4.78 is 25.2. The molecule has 2 aromatic heterocycles. The van der Waals surface area contributed by atoms with Crippen molar-refractivity contribution in [3.63, 3.8) is 0 Å². The van der Waals surface area contributed by atoms with E-state index in [4.69, 9.17) is 20.3 Å². The standard InChI is InChI=1S/C10H13FN5O6PS/c11-4-3(1-21-23(19,20)24)22-9(6(4)17)16-2-13-5-7(16)14-10(12)15-8(5)18/h2-4,6,9,17H,1H2,(H2,19,20,24)(H3,12,14,15,18). The molecule has 132 valence electrons. The van der Waals surface area contributed by atoms with Gasteiger partial charge in [-0.25, -0.2) is 9.37 Å². The lowest BCUT2D eigenvalue weighted by molar-refractivity contribution is -0.0474. The van der Waals surface area contributed by atoms with Crippen LogP contribution in [-0.4, -0.2) is 59.4 Å². The number of hydrogen-bond donors (Lipinski definition) is 5. The van der Waals surface area contributed by atoms with Gasteiger partial charge in [-0.15, -0.1) is 0 Å². The molecule has 4 unspecified atom stereocenters. The van der Waals surface area contributed by atoms with Gasteiger partial charge in [-0.3, -0.25) is 14.3 Å². The number of nitrogens with zero attached hydrogens (tertiary/aromatic N) is 3. The van der Waals surface area contributed by atoms with Crippen LogP contribution in [0.4, 0.5) is 10.3 Å². The number of alkyl halides is 1. The van der Waals surface area contributed by atoms with Crippen molar-refractivity contribution in [2.24, 2.45) is 0 Å². The summed E-state index contributed by atoms with van der Waals surface area (Å²) in [7, 11) is 0. The molecule has 0 radical (unpaired) electrons. The maximum absolute atomic E-state index is 14.2. The molecule has 4 atom stereocenters. The van der Waals surface area contributed by atoms with Crippen molar-refractivity contribution in [2.75, 3.05) is 12.3 Å². The molecule has 0 aromatic carbocycles. The Bertz CT molecular complexity index is 869. The third kappa shape index (κ3) is 3.19. The minimum absolute atomic E-state index is 0.00324. The molecule has 1 aliphatic heterocycles. The molecule has 0 saturated carbocycles. The van der Waals surface area contributed by atoms with Crippen molar-refractivity contribution in [1.29, 1.82) is 0 Å². The molecule has 0 bridgehead atoms. The lowest BCUT2D eigenvalue weighted by atomic mass is 10.1. The topological polar surface area (TPSA) is 169 Å². The molecule has 2 aromatic rings. The molecule has 1 saturated heterocycles. The van der Waals surface area contributed by atoms with Crippen LogP contribution in [0.5, 0.6) is 0 Å². The SMILES string of the molecule is Nc1nc2c(ncn2C2OC(COP(O)(O)=S)C(F)C2O)c(=O)[nH]1. The Morgan fingerprint density at radius 3 is 2.96 bits per heavy atom. The average molecular weight is 381 g/mol. The molecular formula is C10H13FN5O6PS. The van der Waals surface area contributed by atoms with Crippen LogP contribution in [0.15, 0.2) is 11.1 Å². The number of ether oxygens (including phenoxy) is 1. The van der Waals surface area contributed by atoms with Gasteiger partial charge in [-0.1, -0.05) is 0 Å². The molecule has 1 fully saturated rings. The Morgan fingerprint density at radius 2 is 2.29 bits per heavy atom. The number of hydrogen-bond acceptors (Lipinski definition) is 8. The summed E-state index contributed by atoms with van der Waals surface area (Å²) in [4.78, 5) is 39.8. The first-order valence-electron chi connectivity index (χ1n) is 6.57. The van der Waals surface area contributed by atoms with Crippen LogP contribution in [0, 0.1) is 0 Å². The first kappa shape index (κ1) is 17.4. The summed E-state index contributed by atoms with van der Waals surface area (Å²) in [6, 6.07) is 0.